The van der Waals surface area contributed by atoms with Crippen molar-refractivity contribution >= 4 is 0 Å². The maximum atomic E-state index is 4.43. The van der Waals surface area contributed by atoms with Crippen LogP contribution in [0.3, 0.4) is 0 Å². The van der Waals surface area contributed by atoms with Crippen molar-refractivity contribution in [3.05, 3.63) is 41.2 Å². The van der Waals surface area contributed by atoms with E-state index in [1.54, 1.807) is 6.33 Å². The summed E-state index contributed by atoms with van der Waals surface area (Å²) in [6.45, 7) is 5.17. The highest BCUT2D eigenvalue weighted by molar-refractivity contribution is 5.25. The first kappa shape index (κ1) is 12.3. The van der Waals surface area contributed by atoms with Crippen LogP contribution in [0.1, 0.15) is 22.5 Å². The van der Waals surface area contributed by atoms with E-state index >= 15 is 0 Å². The van der Waals surface area contributed by atoms with E-state index in [1.807, 2.05) is 17.9 Å². The Kier molecular flexibility index (Phi) is 3.29. The first-order valence-corrected chi connectivity index (χ1v) is 6.71. The molecule has 0 fully saturated rings. The number of hydrogen-bond donors (Lipinski definition) is 0. The average molecular weight is 257 g/mol. The lowest BCUT2D eigenvalue weighted by molar-refractivity contribution is 0.279. The van der Waals surface area contributed by atoms with Gasteiger partial charge < -0.3 is 0 Å². The summed E-state index contributed by atoms with van der Waals surface area (Å²) >= 11 is 0. The van der Waals surface area contributed by atoms with E-state index in [9.17, 15) is 0 Å². The normalized spacial score (nSPS) is 16.1. The molecule has 19 heavy (non-hydrogen) atoms. The van der Waals surface area contributed by atoms with E-state index < -0.39 is 0 Å². The van der Waals surface area contributed by atoms with E-state index in [1.165, 1.54) is 16.8 Å². The molecule has 0 saturated heterocycles. The fraction of sp³-hybridized carbons (Fsp3) is 0.500. The van der Waals surface area contributed by atoms with Crippen molar-refractivity contribution in [2.24, 2.45) is 7.05 Å². The smallest absolute Gasteiger partial charge is 0.115 e. The van der Waals surface area contributed by atoms with Crippen LogP contribution < -0.4 is 0 Å². The molecule has 0 atom stereocenters. The summed E-state index contributed by atoms with van der Waals surface area (Å²) in [5, 5.41) is 4.23. The average Bonchev–Trinajstić information content (AvgIpc) is 2.68. The van der Waals surface area contributed by atoms with Crippen LogP contribution in [0.2, 0.25) is 0 Å². The monoisotopic (exact) mass is 257 g/mol. The molecule has 0 bridgehead atoms. The molecule has 0 aromatic carbocycles. The summed E-state index contributed by atoms with van der Waals surface area (Å²) < 4.78 is 1.86. The zero-order valence-electron chi connectivity index (χ0n) is 11.5. The second kappa shape index (κ2) is 5.09. The molecule has 1 aliphatic rings. The molecule has 0 amide bonds. The van der Waals surface area contributed by atoms with Gasteiger partial charge in [0.25, 0.3) is 0 Å². The van der Waals surface area contributed by atoms with Crippen LogP contribution in [-0.2, 0) is 26.4 Å². The third kappa shape index (κ3) is 2.66. The highest BCUT2D eigenvalue weighted by Crippen LogP contribution is 2.17. The van der Waals surface area contributed by atoms with Crippen molar-refractivity contribution in [3.8, 4) is 0 Å². The van der Waals surface area contributed by atoms with Crippen LogP contribution in [0, 0.1) is 6.92 Å². The van der Waals surface area contributed by atoms with Gasteiger partial charge in [-0.1, -0.05) is 0 Å². The first-order chi connectivity index (χ1) is 9.22. The van der Waals surface area contributed by atoms with Gasteiger partial charge >= 0.3 is 0 Å². The Bertz CT molecular complexity index is 575. The Morgan fingerprint density at radius 2 is 2.05 bits per heavy atom. The lowest BCUT2D eigenvalue weighted by atomic mass is 10.1. The summed E-state index contributed by atoms with van der Waals surface area (Å²) in [5.74, 6) is 0. The van der Waals surface area contributed by atoms with Crippen LogP contribution >= 0.6 is 0 Å². The maximum absolute atomic E-state index is 4.43. The number of aromatic nitrogens is 4. The molecule has 3 heterocycles. The summed E-state index contributed by atoms with van der Waals surface area (Å²) in [5.41, 5.74) is 4.97. The molecule has 0 aliphatic carbocycles. The maximum Gasteiger partial charge on any atom is 0.115 e. The minimum atomic E-state index is 0.967. The standard InChI is InChI=1S/C14H19N5/c1-11-13-3-5-19(6-4-14(13)16-10-15-11)9-12-7-17-18(2)8-12/h7-8,10H,3-6,9H2,1-2H3. The van der Waals surface area contributed by atoms with E-state index in [0.717, 1.165) is 38.2 Å². The number of nitrogens with zero attached hydrogens (tertiary/aromatic N) is 5. The van der Waals surface area contributed by atoms with E-state index in [-0.39, 0.29) is 0 Å². The Hall–Kier alpha value is -1.75. The van der Waals surface area contributed by atoms with Gasteiger partial charge in [0.2, 0.25) is 0 Å². The molecule has 0 radical (unpaired) electrons. The topological polar surface area (TPSA) is 46.8 Å². The van der Waals surface area contributed by atoms with Crippen molar-refractivity contribution < 1.29 is 0 Å². The van der Waals surface area contributed by atoms with Crippen molar-refractivity contribution in [2.75, 3.05) is 13.1 Å². The summed E-state index contributed by atoms with van der Waals surface area (Å²) in [4.78, 5) is 11.2. The van der Waals surface area contributed by atoms with Gasteiger partial charge in [-0.25, -0.2) is 9.97 Å². The van der Waals surface area contributed by atoms with Gasteiger partial charge in [0.05, 0.1) is 6.20 Å². The van der Waals surface area contributed by atoms with E-state index in [2.05, 4.69) is 33.1 Å². The van der Waals surface area contributed by atoms with Crippen LogP contribution in [0.25, 0.3) is 0 Å². The predicted octanol–water partition coefficient (Wildman–Crippen LogP) is 1.12. The van der Waals surface area contributed by atoms with Gasteiger partial charge in [0, 0.05) is 56.3 Å². The SMILES string of the molecule is Cc1ncnc2c1CCN(Cc1cnn(C)c1)CC2. The minimum absolute atomic E-state index is 0.967. The largest absolute Gasteiger partial charge is 0.298 e. The van der Waals surface area contributed by atoms with Crippen LogP contribution in [0.5, 0.6) is 0 Å². The fourth-order valence-corrected chi connectivity index (χ4v) is 2.71. The summed E-state index contributed by atoms with van der Waals surface area (Å²) in [6.07, 6.45) is 7.78. The number of rotatable bonds is 2. The van der Waals surface area contributed by atoms with Gasteiger partial charge in [-0.2, -0.15) is 5.10 Å². The van der Waals surface area contributed by atoms with E-state index in [4.69, 9.17) is 0 Å². The Balaban J connectivity index is 1.71. The van der Waals surface area contributed by atoms with Crippen LogP contribution in [-0.4, -0.2) is 37.7 Å². The molecule has 1 aliphatic heterocycles. The second-order valence-corrected chi connectivity index (χ2v) is 5.18. The molecular formula is C14H19N5. The highest BCUT2D eigenvalue weighted by atomic mass is 15.2. The minimum Gasteiger partial charge on any atom is -0.298 e. The van der Waals surface area contributed by atoms with Crippen molar-refractivity contribution in [1.29, 1.82) is 0 Å². The molecule has 5 heteroatoms. The van der Waals surface area contributed by atoms with Gasteiger partial charge in [0.1, 0.15) is 6.33 Å². The predicted molar refractivity (Wildman–Crippen MR) is 72.7 cm³/mol. The molecule has 0 spiro atoms. The van der Waals surface area contributed by atoms with Gasteiger partial charge in [-0.05, 0) is 18.9 Å². The quantitative estimate of drug-likeness (QED) is 0.809. The lowest BCUT2D eigenvalue weighted by Crippen LogP contribution is -2.25. The Labute approximate surface area is 113 Å². The molecule has 0 N–H and O–H groups in total. The van der Waals surface area contributed by atoms with Gasteiger partial charge in [-0.3, -0.25) is 9.58 Å². The number of aryl methyl sites for hydroxylation is 2. The molecule has 0 unspecified atom stereocenters. The Morgan fingerprint density at radius 1 is 1.21 bits per heavy atom. The number of hydrogen-bond acceptors (Lipinski definition) is 4. The fourth-order valence-electron chi connectivity index (χ4n) is 2.71. The Morgan fingerprint density at radius 3 is 2.84 bits per heavy atom. The molecule has 3 rings (SSSR count). The third-order valence-corrected chi connectivity index (χ3v) is 3.76. The van der Waals surface area contributed by atoms with Crippen molar-refractivity contribution in [3.63, 3.8) is 0 Å². The van der Waals surface area contributed by atoms with Gasteiger partial charge in [-0.15, -0.1) is 0 Å². The molecule has 0 saturated carbocycles. The number of fused-ring (bicyclic) bond motifs is 1. The molecule has 2 aromatic heterocycles. The van der Waals surface area contributed by atoms with Crippen molar-refractivity contribution in [1.82, 2.24) is 24.6 Å². The second-order valence-electron chi connectivity index (χ2n) is 5.18. The van der Waals surface area contributed by atoms with Crippen molar-refractivity contribution in [2.45, 2.75) is 26.3 Å². The molecule has 2 aromatic rings. The summed E-state index contributed by atoms with van der Waals surface area (Å²) in [6, 6.07) is 0. The zero-order valence-corrected chi connectivity index (χ0v) is 11.5. The summed E-state index contributed by atoms with van der Waals surface area (Å²) in [7, 11) is 1.96. The molecule has 5 nitrogen and oxygen atoms in total. The first-order valence-electron chi connectivity index (χ1n) is 6.71. The molecule has 100 valence electrons. The third-order valence-electron chi connectivity index (χ3n) is 3.76. The molecular weight excluding hydrogens is 238 g/mol. The van der Waals surface area contributed by atoms with Crippen LogP contribution in [0.15, 0.2) is 18.7 Å². The zero-order chi connectivity index (χ0) is 13.2. The van der Waals surface area contributed by atoms with E-state index in [0.29, 0.717) is 0 Å². The highest BCUT2D eigenvalue weighted by Gasteiger charge is 2.17. The van der Waals surface area contributed by atoms with Gasteiger partial charge in [0.15, 0.2) is 0 Å². The lowest BCUT2D eigenvalue weighted by Gasteiger charge is -2.18. The van der Waals surface area contributed by atoms with Crippen LogP contribution in [0.4, 0.5) is 0 Å².